The van der Waals surface area contributed by atoms with Crippen LogP contribution in [0.1, 0.15) is 21.3 Å². The van der Waals surface area contributed by atoms with E-state index >= 15 is 0 Å². The zero-order valence-corrected chi connectivity index (χ0v) is 15.0. The molecule has 124 valence electrons. The predicted molar refractivity (Wildman–Crippen MR) is 96.2 cm³/mol. The molecular weight excluding hydrogens is 355 g/mol. The van der Waals surface area contributed by atoms with E-state index in [-0.39, 0.29) is 24.4 Å². The number of amides is 1. The highest BCUT2D eigenvalue weighted by molar-refractivity contribution is 7.12. The Morgan fingerprint density at radius 2 is 2.17 bits per heavy atom. The van der Waals surface area contributed by atoms with E-state index in [2.05, 4.69) is 5.32 Å². The maximum Gasteiger partial charge on any atom is 0.268 e. The first-order valence-electron chi connectivity index (χ1n) is 7.10. The van der Waals surface area contributed by atoms with Crippen molar-refractivity contribution < 1.29 is 9.53 Å². The number of benzene rings is 1. The van der Waals surface area contributed by atoms with E-state index in [1.807, 2.05) is 40.6 Å². The van der Waals surface area contributed by atoms with Gasteiger partial charge in [0.25, 0.3) is 5.91 Å². The number of halogens is 2. The number of methoxy groups -OCH3 is 1. The van der Waals surface area contributed by atoms with Gasteiger partial charge in [-0.1, -0.05) is 29.8 Å². The SMILES string of the molecule is COc1ccsc1C(=O)N1CCNCC1c1ccccc1Cl.Cl. The number of carbonyl (C=O) groups is 1. The molecule has 0 bridgehead atoms. The molecule has 23 heavy (non-hydrogen) atoms. The average Bonchev–Trinajstić information content (AvgIpc) is 3.03. The zero-order chi connectivity index (χ0) is 15.5. The molecule has 1 aromatic carbocycles. The van der Waals surface area contributed by atoms with Crippen molar-refractivity contribution in [1.29, 1.82) is 0 Å². The number of hydrogen-bond donors (Lipinski definition) is 1. The molecule has 1 atom stereocenters. The van der Waals surface area contributed by atoms with Gasteiger partial charge in [0, 0.05) is 24.7 Å². The Bertz CT molecular complexity index is 678. The summed E-state index contributed by atoms with van der Waals surface area (Å²) < 4.78 is 5.28. The molecule has 1 aliphatic heterocycles. The molecule has 1 amide bonds. The van der Waals surface area contributed by atoms with Gasteiger partial charge in [-0.15, -0.1) is 23.7 Å². The quantitative estimate of drug-likeness (QED) is 0.894. The van der Waals surface area contributed by atoms with Crippen LogP contribution in [0, 0.1) is 0 Å². The Kier molecular flexibility index (Phi) is 6.30. The smallest absolute Gasteiger partial charge is 0.268 e. The lowest BCUT2D eigenvalue weighted by Gasteiger charge is -2.36. The summed E-state index contributed by atoms with van der Waals surface area (Å²) in [7, 11) is 1.59. The van der Waals surface area contributed by atoms with Crippen molar-refractivity contribution in [2.45, 2.75) is 6.04 Å². The highest BCUT2D eigenvalue weighted by atomic mass is 35.5. The third-order valence-electron chi connectivity index (χ3n) is 3.81. The Balaban J connectivity index is 0.00000192. The van der Waals surface area contributed by atoms with Gasteiger partial charge in [-0.2, -0.15) is 0 Å². The summed E-state index contributed by atoms with van der Waals surface area (Å²) in [6.45, 7) is 2.12. The maximum atomic E-state index is 12.9. The number of thiophene rings is 1. The van der Waals surface area contributed by atoms with E-state index < -0.39 is 0 Å². The molecule has 1 unspecified atom stereocenters. The minimum atomic E-state index is -0.0678. The molecule has 1 aromatic heterocycles. The van der Waals surface area contributed by atoms with Crippen molar-refractivity contribution in [1.82, 2.24) is 10.2 Å². The first-order chi connectivity index (χ1) is 10.7. The van der Waals surface area contributed by atoms with E-state index in [4.69, 9.17) is 16.3 Å². The molecule has 1 fully saturated rings. The molecule has 0 saturated carbocycles. The summed E-state index contributed by atoms with van der Waals surface area (Å²) in [5, 5.41) is 5.90. The van der Waals surface area contributed by atoms with Gasteiger partial charge >= 0.3 is 0 Å². The molecule has 1 aliphatic rings. The van der Waals surface area contributed by atoms with Crippen LogP contribution in [0.2, 0.25) is 5.02 Å². The lowest BCUT2D eigenvalue weighted by molar-refractivity contribution is 0.0636. The second kappa shape index (κ2) is 8.02. The van der Waals surface area contributed by atoms with Crippen molar-refractivity contribution in [2.75, 3.05) is 26.7 Å². The molecule has 1 saturated heterocycles. The second-order valence-corrected chi connectivity index (χ2v) is 6.38. The van der Waals surface area contributed by atoms with Crippen molar-refractivity contribution >= 4 is 41.3 Å². The lowest BCUT2D eigenvalue weighted by Crippen LogP contribution is -2.48. The van der Waals surface area contributed by atoms with Gasteiger partial charge in [-0.25, -0.2) is 0 Å². The molecule has 2 aromatic rings. The summed E-state index contributed by atoms with van der Waals surface area (Å²) in [6.07, 6.45) is 0. The van der Waals surface area contributed by atoms with Crippen molar-refractivity contribution in [3.8, 4) is 5.75 Å². The van der Waals surface area contributed by atoms with E-state index in [1.54, 1.807) is 7.11 Å². The van der Waals surface area contributed by atoms with Crippen molar-refractivity contribution in [3.05, 3.63) is 51.2 Å². The van der Waals surface area contributed by atoms with Crippen LogP contribution in [0.4, 0.5) is 0 Å². The Hall–Kier alpha value is -1.27. The van der Waals surface area contributed by atoms with E-state index in [9.17, 15) is 4.79 Å². The fourth-order valence-corrected chi connectivity index (χ4v) is 3.79. The normalized spacial score (nSPS) is 17.5. The molecule has 4 nitrogen and oxygen atoms in total. The van der Waals surface area contributed by atoms with Gasteiger partial charge in [0.05, 0.1) is 13.2 Å². The minimum Gasteiger partial charge on any atom is -0.495 e. The van der Waals surface area contributed by atoms with Crippen molar-refractivity contribution in [2.24, 2.45) is 0 Å². The summed E-state index contributed by atoms with van der Waals surface area (Å²) in [6, 6.07) is 9.44. The monoisotopic (exact) mass is 372 g/mol. The molecule has 0 radical (unpaired) electrons. The number of hydrogen-bond acceptors (Lipinski definition) is 4. The van der Waals surface area contributed by atoms with Gasteiger partial charge in [0.2, 0.25) is 0 Å². The van der Waals surface area contributed by atoms with Crippen LogP contribution in [-0.2, 0) is 0 Å². The summed E-state index contributed by atoms with van der Waals surface area (Å²) in [5.74, 6) is 0.629. The largest absolute Gasteiger partial charge is 0.495 e. The molecule has 0 aliphatic carbocycles. The fourth-order valence-electron chi connectivity index (χ4n) is 2.72. The Morgan fingerprint density at radius 3 is 2.91 bits per heavy atom. The first kappa shape index (κ1) is 18.1. The van der Waals surface area contributed by atoms with E-state index in [0.29, 0.717) is 28.7 Å². The molecule has 1 N–H and O–H groups in total. The maximum absolute atomic E-state index is 12.9. The molecule has 2 heterocycles. The van der Waals surface area contributed by atoms with Crippen LogP contribution < -0.4 is 10.1 Å². The number of ether oxygens (including phenoxy) is 1. The van der Waals surface area contributed by atoms with Crippen LogP contribution >= 0.6 is 35.3 Å². The van der Waals surface area contributed by atoms with Gasteiger partial charge in [0.15, 0.2) is 0 Å². The summed E-state index contributed by atoms with van der Waals surface area (Å²) >= 11 is 7.73. The number of carbonyl (C=O) groups excluding carboxylic acids is 1. The lowest BCUT2D eigenvalue weighted by atomic mass is 10.0. The van der Waals surface area contributed by atoms with E-state index in [0.717, 1.165) is 12.1 Å². The van der Waals surface area contributed by atoms with Gasteiger partial charge < -0.3 is 15.0 Å². The molecule has 3 rings (SSSR count). The third kappa shape index (κ3) is 3.63. The number of rotatable bonds is 3. The van der Waals surface area contributed by atoms with Gasteiger partial charge in [-0.05, 0) is 23.1 Å². The van der Waals surface area contributed by atoms with Crippen LogP contribution in [0.3, 0.4) is 0 Å². The van der Waals surface area contributed by atoms with Crippen LogP contribution in [0.5, 0.6) is 5.75 Å². The summed E-state index contributed by atoms with van der Waals surface area (Å²) in [4.78, 5) is 15.4. The zero-order valence-electron chi connectivity index (χ0n) is 12.6. The van der Waals surface area contributed by atoms with Crippen LogP contribution in [0.15, 0.2) is 35.7 Å². The highest BCUT2D eigenvalue weighted by Gasteiger charge is 2.31. The number of nitrogens with zero attached hydrogens (tertiary/aromatic N) is 1. The second-order valence-electron chi connectivity index (χ2n) is 5.06. The predicted octanol–water partition coefficient (Wildman–Crippen LogP) is 3.62. The fraction of sp³-hybridized carbons (Fsp3) is 0.312. The Morgan fingerprint density at radius 1 is 1.39 bits per heavy atom. The van der Waals surface area contributed by atoms with Gasteiger partial charge in [-0.3, -0.25) is 4.79 Å². The third-order valence-corrected chi connectivity index (χ3v) is 5.04. The molecule has 0 spiro atoms. The van der Waals surface area contributed by atoms with Crippen LogP contribution in [-0.4, -0.2) is 37.6 Å². The van der Waals surface area contributed by atoms with Crippen LogP contribution in [0.25, 0.3) is 0 Å². The van der Waals surface area contributed by atoms with E-state index in [1.165, 1.54) is 11.3 Å². The molecular formula is C16H18Cl2N2O2S. The van der Waals surface area contributed by atoms with Crippen molar-refractivity contribution in [3.63, 3.8) is 0 Å². The standard InChI is InChI=1S/C16H17ClN2O2S.ClH/c1-21-14-6-9-22-15(14)16(20)19-8-7-18-10-13(19)11-4-2-3-5-12(11)17;/h2-6,9,13,18H,7-8,10H2,1H3;1H. The average molecular weight is 373 g/mol. The Labute approximate surface area is 150 Å². The molecule has 7 heteroatoms. The first-order valence-corrected chi connectivity index (χ1v) is 8.35. The highest BCUT2D eigenvalue weighted by Crippen LogP contribution is 2.33. The van der Waals surface area contributed by atoms with Gasteiger partial charge in [0.1, 0.15) is 10.6 Å². The number of piperazine rings is 1. The number of nitrogens with one attached hydrogen (secondary N) is 1. The minimum absolute atomic E-state index is 0. The topological polar surface area (TPSA) is 41.6 Å². The summed E-state index contributed by atoms with van der Waals surface area (Å²) in [5.41, 5.74) is 0.972.